The molecule has 2 aliphatic rings. The van der Waals surface area contributed by atoms with E-state index in [0.29, 0.717) is 24.3 Å². The van der Waals surface area contributed by atoms with Gasteiger partial charge in [-0.3, -0.25) is 14.6 Å². The molecule has 0 spiro atoms. The maximum atomic E-state index is 13.4. The minimum Gasteiger partial charge on any atom is -0.312 e. The number of hydrogen-bond acceptors (Lipinski definition) is 4. The molecular weight excluding hydrogens is 412 g/mol. The Labute approximate surface area is 193 Å². The number of rotatable bonds is 4. The molecule has 1 aromatic heterocycles. The molecule has 2 amide bonds. The van der Waals surface area contributed by atoms with Crippen molar-refractivity contribution in [3.8, 4) is 6.07 Å². The molecule has 6 nitrogen and oxygen atoms in total. The van der Waals surface area contributed by atoms with Crippen molar-refractivity contribution in [2.24, 2.45) is 5.92 Å². The predicted octanol–water partition coefficient (Wildman–Crippen LogP) is 3.79. The highest BCUT2D eigenvalue weighted by atomic mass is 16.2. The van der Waals surface area contributed by atoms with Gasteiger partial charge in [0.25, 0.3) is 0 Å². The number of fused-ring (bicyclic) bond motifs is 1. The highest BCUT2D eigenvalue weighted by Gasteiger charge is 2.39. The molecule has 5 rings (SSSR count). The highest BCUT2D eigenvalue weighted by Crippen LogP contribution is 2.33. The van der Waals surface area contributed by atoms with E-state index in [2.05, 4.69) is 29.3 Å². The van der Waals surface area contributed by atoms with Gasteiger partial charge < -0.3 is 9.80 Å². The fourth-order valence-electron chi connectivity index (χ4n) is 4.83. The van der Waals surface area contributed by atoms with E-state index in [-0.39, 0.29) is 24.2 Å². The predicted molar refractivity (Wildman–Crippen MR) is 126 cm³/mol. The minimum absolute atomic E-state index is 0.00308. The molecule has 0 bridgehead atoms. The van der Waals surface area contributed by atoms with Gasteiger partial charge in [-0.15, -0.1) is 0 Å². The average Bonchev–Trinajstić information content (AvgIpc) is 3.42. The second-order valence-corrected chi connectivity index (χ2v) is 8.82. The first-order valence-corrected chi connectivity index (χ1v) is 11.2. The summed E-state index contributed by atoms with van der Waals surface area (Å²) in [6.45, 7) is 3.02. The molecule has 2 aromatic carbocycles. The topological polar surface area (TPSA) is 77.3 Å². The second kappa shape index (κ2) is 8.51. The Hall–Kier alpha value is -3.98. The lowest BCUT2D eigenvalue weighted by atomic mass is 10.0. The highest BCUT2D eigenvalue weighted by molar-refractivity contribution is 6.05. The summed E-state index contributed by atoms with van der Waals surface area (Å²) in [5.41, 5.74) is 6.81. The Kier molecular flexibility index (Phi) is 5.39. The van der Waals surface area contributed by atoms with Gasteiger partial charge in [0.05, 0.1) is 17.6 Å². The van der Waals surface area contributed by atoms with E-state index in [1.165, 1.54) is 16.7 Å². The van der Waals surface area contributed by atoms with E-state index in [0.717, 1.165) is 24.1 Å². The number of amides is 2. The van der Waals surface area contributed by atoms with Gasteiger partial charge in [-0.2, -0.15) is 5.26 Å². The van der Waals surface area contributed by atoms with Crippen molar-refractivity contribution < 1.29 is 9.59 Å². The molecule has 1 fully saturated rings. The molecule has 3 aromatic rings. The van der Waals surface area contributed by atoms with Crippen LogP contribution in [0.15, 0.2) is 60.9 Å². The van der Waals surface area contributed by atoms with Gasteiger partial charge in [-0.05, 0) is 66.3 Å². The fourth-order valence-corrected chi connectivity index (χ4v) is 4.83. The molecule has 164 valence electrons. The summed E-state index contributed by atoms with van der Waals surface area (Å²) in [6.07, 6.45) is 5.56. The summed E-state index contributed by atoms with van der Waals surface area (Å²) in [5, 5.41) is 9.14. The van der Waals surface area contributed by atoms with Crippen molar-refractivity contribution in [3.63, 3.8) is 0 Å². The summed E-state index contributed by atoms with van der Waals surface area (Å²) in [5.74, 6) is -0.464. The first-order valence-electron chi connectivity index (χ1n) is 11.2. The molecular formula is C27H24N4O2. The maximum absolute atomic E-state index is 13.4. The van der Waals surface area contributed by atoms with E-state index in [9.17, 15) is 9.59 Å². The Balaban J connectivity index is 1.31. The Bertz CT molecular complexity index is 1290. The van der Waals surface area contributed by atoms with E-state index < -0.39 is 0 Å². The zero-order valence-corrected chi connectivity index (χ0v) is 18.5. The molecule has 33 heavy (non-hydrogen) atoms. The van der Waals surface area contributed by atoms with Gasteiger partial charge >= 0.3 is 0 Å². The average molecular weight is 437 g/mol. The van der Waals surface area contributed by atoms with Crippen LogP contribution in [0.25, 0.3) is 0 Å². The number of benzene rings is 2. The van der Waals surface area contributed by atoms with Crippen LogP contribution >= 0.6 is 0 Å². The van der Waals surface area contributed by atoms with Crippen LogP contribution in [0.1, 0.15) is 34.2 Å². The van der Waals surface area contributed by atoms with E-state index >= 15 is 0 Å². The van der Waals surface area contributed by atoms with Crippen LogP contribution in [0.2, 0.25) is 0 Å². The lowest BCUT2D eigenvalue weighted by molar-refractivity contribution is -0.124. The number of pyridine rings is 1. The molecule has 0 N–H and O–H groups in total. The summed E-state index contributed by atoms with van der Waals surface area (Å²) in [7, 11) is 0. The molecule has 2 aliphatic heterocycles. The van der Waals surface area contributed by atoms with Crippen molar-refractivity contribution in [2.45, 2.75) is 26.2 Å². The van der Waals surface area contributed by atoms with E-state index in [1.807, 2.05) is 36.4 Å². The van der Waals surface area contributed by atoms with Gasteiger partial charge in [0.15, 0.2) is 0 Å². The van der Waals surface area contributed by atoms with Crippen LogP contribution in [0.4, 0.5) is 11.4 Å². The van der Waals surface area contributed by atoms with E-state index in [1.54, 1.807) is 23.1 Å². The van der Waals surface area contributed by atoms with Crippen molar-refractivity contribution in [2.75, 3.05) is 22.9 Å². The SMILES string of the molecule is Cc1cncc(Cc2ccc3c(c2)CCN3C(=O)C2CC(=O)N(c3cccc(C#N)c3)C2)c1. The molecule has 0 radical (unpaired) electrons. The monoisotopic (exact) mass is 436 g/mol. The van der Waals surface area contributed by atoms with Crippen LogP contribution in [0, 0.1) is 24.2 Å². The largest absolute Gasteiger partial charge is 0.312 e. The number of hydrogen-bond donors (Lipinski definition) is 0. The summed E-state index contributed by atoms with van der Waals surface area (Å²) >= 11 is 0. The first kappa shape index (κ1) is 20.9. The van der Waals surface area contributed by atoms with Crippen LogP contribution in [-0.2, 0) is 22.4 Å². The zero-order valence-electron chi connectivity index (χ0n) is 18.5. The molecule has 1 atom stereocenters. The smallest absolute Gasteiger partial charge is 0.232 e. The number of nitriles is 1. The third-order valence-electron chi connectivity index (χ3n) is 6.41. The van der Waals surface area contributed by atoms with Crippen LogP contribution < -0.4 is 9.80 Å². The molecule has 3 heterocycles. The second-order valence-electron chi connectivity index (χ2n) is 8.82. The van der Waals surface area contributed by atoms with E-state index in [4.69, 9.17) is 5.26 Å². The summed E-state index contributed by atoms with van der Waals surface area (Å²) < 4.78 is 0. The van der Waals surface area contributed by atoms with Crippen LogP contribution in [-0.4, -0.2) is 29.9 Å². The lowest BCUT2D eigenvalue weighted by Crippen LogP contribution is -2.36. The zero-order chi connectivity index (χ0) is 22.9. The Morgan fingerprint density at radius 2 is 2.03 bits per heavy atom. The fraction of sp³-hybridized carbons (Fsp3) is 0.259. The number of aromatic nitrogens is 1. The maximum Gasteiger partial charge on any atom is 0.232 e. The van der Waals surface area contributed by atoms with Gasteiger partial charge in [0, 0.05) is 43.3 Å². The van der Waals surface area contributed by atoms with Crippen molar-refractivity contribution in [1.29, 1.82) is 5.26 Å². The van der Waals surface area contributed by atoms with Gasteiger partial charge in [-0.1, -0.05) is 24.3 Å². The molecule has 6 heteroatoms. The van der Waals surface area contributed by atoms with Gasteiger partial charge in [-0.25, -0.2) is 0 Å². The summed E-state index contributed by atoms with van der Waals surface area (Å²) in [6, 6.07) is 17.5. The summed E-state index contributed by atoms with van der Waals surface area (Å²) in [4.78, 5) is 33.7. The number of carbonyl (C=O) groups is 2. The molecule has 0 aliphatic carbocycles. The Morgan fingerprint density at radius 3 is 2.85 bits per heavy atom. The first-order chi connectivity index (χ1) is 16.0. The Morgan fingerprint density at radius 1 is 1.15 bits per heavy atom. The third-order valence-corrected chi connectivity index (χ3v) is 6.41. The van der Waals surface area contributed by atoms with Gasteiger partial charge in [0.1, 0.15) is 0 Å². The normalized spacial score (nSPS) is 17.2. The quantitative estimate of drug-likeness (QED) is 0.623. The van der Waals surface area contributed by atoms with Crippen molar-refractivity contribution in [1.82, 2.24) is 4.98 Å². The third kappa shape index (κ3) is 4.10. The van der Waals surface area contributed by atoms with Crippen molar-refractivity contribution >= 4 is 23.2 Å². The number of aryl methyl sites for hydroxylation is 1. The van der Waals surface area contributed by atoms with Crippen LogP contribution in [0.5, 0.6) is 0 Å². The molecule has 1 unspecified atom stereocenters. The lowest BCUT2D eigenvalue weighted by Gasteiger charge is -2.22. The molecule has 0 saturated carbocycles. The van der Waals surface area contributed by atoms with Crippen molar-refractivity contribution in [3.05, 3.63) is 88.7 Å². The molecule has 1 saturated heterocycles. The van der Waals surface area contributed by atoms with Crippen LogP contribution in [0.3, 0.4) is 0 Å². The van der Waals surface area contributed by atoms with Gasteiger partial charge in [0.2, 0.25) is 11.8 Å². The minimum atomic E-state index is -0.382. The number of anilines is 2. The number of nitrogens with zero attached hydrogens (tertiary/aromatic N) is 4. The number of carbonyl (C=O) groups excluding carboxylic acids is 2. The standard InChI is InChI=1S/C27H24N4O2/c1-18-9-21(16-29-15-18)10-19-5-6-25-22(11-19)7-8-30(25)27(33)23-13-26(32)31(17-23)24-4-2-3-20(12-24)14-28/h2-6,9,11-12,15-16,23H,7-8,10,13,17H2,1H3.